The van der Waals surface area contributed by atoms with Crippen LogP contribution in [0.3, 0.4) is 0 Å². The van der Waals surface area contributed by atoms with Gasteiger partial charge in [-0.1, -0.05) is 12.2 Å². The third-order valence-corrected chi connectivity index (χ3v) is 6.23. The number of carbonyl (C=O) groups is 2. The van der Waals surface area contributed by atoms with Crippen molar-refractivity contribution in [2.75, 3.05) is 55.7 Å². The van der Waals surface area contributed by atoms with Crippen molar-refractivity contribution in [1.82, 2.24) is 10.2 Å². The van der Waals surface area contributed by atoms with E-state index in [-0.39, 0.29) is 12.0 Å². The maximum Gasteiger partial charge on any atom is 0.414 e. The Morgan fingerprint density at radius 1 is 1.26 bits per heavy atom. The first-order valence-electron chi connectivity index (χ1n) is 10.6. The van der Waals surface area contributed by atoms with Crippen LogP contribution in [0.4, 0.5) is 20.6 Å². The smallest absolute Gasteiger partial charge is 0.414 e. The summed E-state index contributed by atoms with van der Waals surface area (Å²) in [6, 6.07) is 4.70. The summed E-state index contributed by atoms with van der Waals surface area (Å²) in [5.41, 5.74) is 0.874. The summed E-state index contributed by atoms with van der Waals surface area (Å²) in [7, 11) is 0. The van der Waals surface area contributed by atoms with Crippen LogP contribution < -0.4 is 15.1 Å². The molecule has 2 saturated heterocycles. The number of halogens is 1. The molecular weight excluding hydrogens is 423 g/mol. The minimum absolute atomic E-state index is 0.319. The number of ether oxygens (including phenoxy) is 1. The molecule has 1 aromatic carbocycles. The van der Waals surface area contributed by atoms with Gasteiger partial charge in [0.2, 0.25) is 5.91 Å². The zero-order valence-corrected chi connectivity index (χ0v) is 18.1. The van der Waals surface area contributed by atoms with Crippen LogP contribution in [-0.2, 0) is 9.53 Å². The van der Waals surface area contributed by atoms with Gasteiger partial charge in [-0.15, -0.1) is 0 Å². The van der Waals surface area contributed by atoms with Gasteiger partial charge in [0.1, 0.15) is 18.5 Å². The molecule has 3 fully saturated rings. The number of piperazine rings is 1. The summed E-state index contributed by atoms with van der Waals surface area (Å²) >= 11 is 5.33. The highest BCUT2D eigenvalue weighted by atomic mass is 32.1. The quantitative estimate of drug-likeness (QED) is 0.609. The number of amides is 2. The van der Waals surface area contributed by atoms with Crippen LogP contribution in [0.1, 0.15) is 19.3 Å². The van der Waals surface area contributed by atoms with Gasteiger partial charge in [0.05, 0.1) is 29.5 Å². The molecule has 0 radical (unpaired) electrons. The highest BCUT2D eigenvalue weighted by Crippen LogP contribution is 2.32. The number of rotatable bonds is 7. The Bertz CT molecular complexity index is 858. The van der Waals surface area contributed by atoms with Gasteiger partial charge in [0.25, 0.3) is 0 Å². The Labute approximate surface area is 185 Å². The predicted molar refractivity (Wildman–Crippen MR) is 118 cm³/mol. The average Bonchev–Trinajstić information content (AvgIpc) is 3.50. The molecule has 168 valence electrons. The topological polar surface area (TPSA) is 85.3 Å². The number of nitrogens with one attached hydrogen (secondary N) is 1. The minimum atomic E-state index is -0.516. The fourth-order valence-corrected chi connectivity index (χ4v) is 4.26. The third kappa shape index (κ3) is 5.24. The molecule has 10 heteroatoms. The van der Waals surface area contributed by atoms with Gasteiger partial charge in [0.15, 0.2) is 0 Å². The van der Waals surface area contributed by atoms with Crippen molar-refractivity contribution in [2.45, 2.75) is 25.4 Å². The van der Waals surface area contributed by atoms with Crippen molar-refractivity contribution < 1.29 is 23.8 Å². The molecule has 1 atom stereocenters. The van der Waals surface area contributed by atoms with Gasteiger partial charge in [-0.25, -0.2) is 9.18 Å². The van der Waals surface area contributed by atoms with Crippen LogP contribution >= 0.6 is 12.2 Å². The maximum absolute atomic E-state index is 14.8. The van der Waals surface area contributed by atoms with E-state index in [2.05, 4.69) is 5.32 Å². The van der Waals surface area contributed by atoms with E-state index in [1.807, 2.05) is 4.90 Å². The second-order valence-electron chi connectivity index (χ2n) is 8.23. The highest BCUT2D eigenvalue weighted by molar-refractivity contribution is 7.80. The summed E-state index contributed by atoms with van der Waals surface area (Å²) < 4.78 is 20.2. The summed E-state index contributed by atoms with van der Waals surface area (Å²) in [6.45, 7) is 2.07. The number of thiocarbonyl (C=S) groups is 1. The van der Waals surface area contributed by atoms with Gasteiger partial charge in [0, 0.05) is 32.6 Å². The zero-order valence-electron chi connectivity index (χ0n) is 17.3. The van der Waals surface area contributed by atoms with Crippen molar-refractivity contribution >= 4 is 40.6 Å². The lowest BCUT2D eigenvalue weighted by atomic mass is 10.2. The van der Waals surface area contributed by atoms with E-state index < -0.39 is 18.5 Å². The Morgan fingerprint density at radius 3 is 2.65 bits per heavy atom. The molecule has 0 spiro atoms. The molecule has 0 bridgehead atoms. The number of cyclic esters (lactones) is 1. The number of anilines is 2. The average molecular weight is 451 g/mol. The fourth-order valence-electron chi connectivity index (χ4n) is 3.94. The van der Waals surface area contributed by atoms with Gasteiger partial charge >= 0.3 is 6.09 Å². The lowest BCUT2D eigenvalue weighted by Gasteiger charge is -2.36. The Morgan fingerprint density at radius 2 is 2.00 bits per heavy atom. The van der Waals surface area contributed by atoms with Gasteiger partial charge < -0.3 is 25.0 Å². The number of hydrogen-bond donors (Lipinski definition) is 2. The number of aliphatic hydroxyl groups is 1. The molecule has 8 nitrogen and oxygen atoms in total. The van der Waals surface area contributed by atoms with E-state index in [0.717, 1.165) is 11.4 Å². The normalized spacial score (nSPS) is 21.3. The van der Waals surface area contributed by atoms with Crippen LogP contribution in [0.5, 0.6) is 0 Å². The largest absolute Gasteiger partial charge is 0.442 e. The van der Waals surface area contributed by atoms with Crippen molar-refractivity contribution in [2.24, 2.45) is 5.92 Å². The van der Waals surface area contributed by atoms with Crippen molar-refractivity contribution in [1.29, 1.82) is 0 Å². The number of hydrogen-bond acceptors (Lipinski definition) is 6. The first-order chi connectivity index (χ1) is 14.9. The summed E-state index contributed by atoms with van der Waals surface area (Å²) in [6.07, 6.45) is 2.50. The van der Waals surface area contributed by atoms with Crippen molar-refractivity contribution in [3.05, 3.63) is 24.0 Å². The zero-order chi connectivity index (χ0) is 22.0. The second-order valence-corrected chi connectivity index (χ2v) is 8.72. The van der Waals surface area contributed by atoms with Crippen LogP contribution in [-0.4, -0.2) is 79.0 Å². The molecule has 3 aliphatic rings. The van der Waals surface area contributed by atoms with Gasteiger partial charge in [-0.05, 0) is 37.0 Å². The molecule has 0 aromatic heterocycles. The van der Waals surface area contributed by atoms with E-state index in [0.29, 0.717) is 56.6 Å². The number of carbonyl (C=O) groups excluding carboxylic acids is 2. The van der Waals surface area contributed by atoms with E-state index >= 15 is 0 Å². The molecule has 1 aromatic rings. The number of aliphatic hydroxyl groups excluding tert-OH is 1. The third-order valence-electron chi connectivity index (χ3n) is 5.92. The molecule has 2 heterocycles. The summed E-state index contributed by atoms with van der Waals surface area (Å²) in [4.78, 5) is 29.5. The fraction of sp³-hybridized carbons (Fsp3) is 0.571. The van der Waals surface area contributed by atoms with E-state index in [9.17, 15) is 14.0 Å². The second kappa shape index (κ2) is 9.35. The lowest BCUT2D eigenvalue weighted by Crippen LogP contribution is -2.49. The standard InChI is InChI=1S/C21H27FN4O4S/c22-17-10-15(3-4-18(17)24-5-7-25(8-6-24)20(28)13-27)26-12-16(30-21(26)29)11-23-19(31)9-14-1-2-14/h3-4,10,14,16,27H,1-2,5-9,11-13H2,(H,23,31)/t16-/m0/s1. The molecule has 2 N–H and O–H groups in total. The summed E-state index contributed by atoms with van der Waals surface area (Å²) in [5, 5.41) is 12.1. The minimum Gasteiger partial charge on any atom is -0.442 e. The van der Waals surface area contributed by atoms with Crippen molar-refractivity contribution in [3.8, 4) is 0 Å². The van der Waals surface area contributed by atoms with E-state index in [1.54, 1.807) is 17.0 Å². The Balaban J connectivity index is 1.32. The Hall–Kier alpha value is -2.46. The van der Waals surface area contributed by atoms with Crippen LogP contribution in [0.2, 0.25) is 0 Å². The van der Waals surface area contributed by atoms with E-state index in [1.165, 1.54) is 23.8 Å². The summed E-state index contributed by atoms with van der Waals surface area (Å²) in [5.74, 6) is -0.0537. The molecular formula is C21H27FN4O4S. The SMILES string of the molecule is O=C(CO)N1CCN(c2ccc(N3C[C@H](CNC(=S)CC4CC4)OC3=O)cc2F)CC1. The lowest BCUT2D eigenvalue weighted by molar-refractivity contribution is -0.134. The van der Waals surface area contributed by atoms with Crippen LogP contribution in [0.15, 0.2) is 18.2 Å². The van der Waals surface area contributed by atoms with Crippen molar-refractivity contribution in [3.63, 3.8) is 0 Å². The van der Waals surface area contributed by atoms with Gasteiger partial charge in [-0.3, -0.25) is 9.69 Å². The predicted octanol–water partition coefficient (Wildman–Crippen LogP) is 1.51. The number of benzene rings is 1. The molecule has 31 heavy (non-hydrogen) atoms. The van der Waals surface area contributed by atoms with Crippen LogP contribution in [0, 0.1) is 11.7 Å². The molecule has 0 unspecified atom stereocenters. The van der Waals surface area contributed by atoms with E-state index in [4.69, 9.17) is 22.1 Å². The maximum atomic E-state index is 14.8. The molecule has 1 aliphatic carbocycles. The Kier molecular flexibility index (Phi) is 6.57. The molecule has 2 aliphatic heterocycles. The monoisotopic (exact) mass is 450 g/mol. The first kappa shape index (κ1) is 21.8. The highest BCUT2D eigenvalue weighted by Gasteiger charge is 2.33. The molecule has 2 amide bonds. The van der Waals surface area contributed by atoms with Crippen LogP contribution in [0.25, 0.3) is 0 Å². The molecule has 1 saturated carbocycles. The first-order valence-corrected chi connectivity index (χ1v) is 11.0. The molecule has 4 rings (SSSR count). The van der Waals surface area contributed by atoms with Gasteiger partial charge in [-0.2, -0.15) is 0 Å². The number of nitrogens with zero attached hydrogens (tertiary/aromatic N) is 3.